The summed E-state index contributed by atoms with van der Waals surface area (Å²) in [5.41, 5.74) is 3.99. The van der Waals surface area contributed by atoms with E-state index >= 15 is 0 Å². The van der Waals surface area contributed by atoms with Crippen molar-refractivity contribution in [1.82, 2.24) is 9.97 Å². The molecule has 0 bridgehead atoms. The van der Waals surface area contributed by atoms with Crippen LogP contribution in [0.2, 0.25) is 0 Å². The molecule has 0 saturated carbocycles. The van der Waals surface area contributed by atoms with E-state index in [4.69, 9.17) is 9.47 Å². The van der Waals surface area contributed by atoms with Gasteiger partial charge in [0, 0.05) is 16.3 Å². The number of aromatic nitrogens is 2. The minimum absolute atomic E-state index is 0.234. The highest BCUT2D eigenvalue weighted by molar-refractivity contribution is 7.14. The summed E-state index contributed by atoms with van der Waals surface area (Å²) in [4.78, 5) is 20.3. The van der Waals surface area contributed by atoms with E-state index in [9.17, 15) is 4.79 Å². The lowest BCUT2D eigenvalue weighted by Gasteiger charge is -2.13. The van der Waals surface area contributed by atoms with Gasteiger partial charge < -0.3 is 14.5 Å². The monoisotopic (exact) mass is 407 g/mol. The largest absolute Gasteiger partial charge is 0.496 e. The first-order valence-electron chi connectivity index (χ1n) is 9.22. The minimum atomic E-state index is -0.234. The van der Waals surface area contributed by atoms with Gasteiger partial charge in [0.25, 0.3) is 5.91 Å². The normalized spacial score (nSPS) is 10.9. The summed E-state index contributed by atoms with van der Waals surface area (Å²) in [5, 5.41) is 6.24. The number of rotatable bonds is 6. The second-order valence-corrected chi connectivity index (χ2v) is 7.35. The third kappa shape index (κ3) is 3.69. The Morgan fingerprint density at radius 2 is 1.86 bits per heavy atom. The van der Waals surface area contributed by atoms with E-state index in [1.165, 1.54) is 11.3 Å². The highest BCUT2D eigenvalue weighted by atomic mass is 32.1. The van der Waals surface area contributed by atoms with Crippen molar-refractivity contribution in [3.05, 3.63) is 59.1 Å². The number of aromatic amines is 1. The third-order valence-corrected chi connectivity index (χ3v) is 5.49. The smallest absolute Gasteiger partial charge is 0.273 e. The molecule has 0 fully saturated rings. The molecule has 0 radical (unpaired) electrons. The lowest BCUT2D eigenvalue weighted by atomic mass is 10.0. The number of methoxy groups -OCH3 is 2. The molecule has 4 rings (SSSR count). The van der Waals surface area contributed by atoms with E-state index in [1.807, 2.05) is 47.8 Å². The van der Waals surface area contributed by atoms with Crippen LogP contribution in [0.15, 0.2) is 47.8 Å². The second-order valence-electron chi connectivity index (χ2n) is 6.49. The molecule has 0 atom stereocenters. The number of thiazole rings is 1. The van der Waals surface area contributed by atoms with Crippen LogP contribution in [0, 0.1) is 0 Å². The van der Waals surface area contributed by atoms with Gasteiger partial charge in [-0.1, -0.05) is 25.1 Å². The molecule has 0 aliphatic heterocycles. The predicted octanol–water partition coefficient (Wildman–Crippen LogP) is 5.12. The average molecular weight is 407 g/mol. The van der Waals surface area contributed by atoms with Gasteiger partial charge in [-0.3, -0.25) is 10.1 Å². The van der Waals surface area contributed by atoms with Crippen molar-refractivity contribution in [3.63, 3.8) is 0 Å². The molecule has 1 amide bonds. The molecular weight excluding hydrogens is 386 g/mol. The fourth-order valence-corrected chi connectivity index (χ4v) is 3.93. The molecule has 2 aromatic heterocycles. The number of carbonyl (C=O) groups is 1. The molecule has 29 heavy (non-hydrogen) atoms. The van der Waals surface area contributed by atoms with Crippen LogP contribution in [0.5, 0.6) is 11.5 Å². The lowest BCUT2D eigenvalue weighted by Crippen LogP contribution is -2.11. The van der Waals surface area contributed by atoms with Gasteiger partial charge in [-0.25, -0.2) is 4.98 Å². The van der Waals surface area contributed by atoms with Gasteiger partial charge in [0.15, 0.2) is 5.13 Å². The fraction of sp³-hybridized carbons (Fsp3) is 0.182. The van der Waals surface area contributed by atoms with Crippen LogP contribution in [0.4, 0.5) is 5.13 Å². The van der Waals surface area contributed by atoms with E-state index in [0.717, 1.165) is 28.5 Å². The Labute approximate surface area is 172 Å². The molecular formula is C22H21N3O3S. The van der Waals surface area contributed by atoms with E-state index in [1.54, 1.807) is 14.2 Å². The van der Waals surface area contributed by atoms with Gasteiger partial charge in [0.05, 0.1) is 25.5 Å². The Kier molecular flexibility index (Phi) is 5.22. The van der Waals surface area contributed by atoms with Crippen molar-refractivity contribution in [2.75, 3.05) is 19.5 Å². The standard InChI is InChI=1S/C22H21N3O3S/c1-4-13-9-18(27-2)20(19(10-13)28-3)17-12-29-22(24-17)25-21(26)16-11-14-7-5-6-8-15(14)23-16/h5-12,23H,4H2,1-3H3,(H,24,25,26). The Morgan fingerprint density at radius 3 is 2.52 bits per heavy atom. The van der Waals surface area contributed by atoms with Crippen molar-refractivity contribution < 1.29 is 14.3 Å². The number of fused-ring (bicyclic) bond motifs is 1. The second kappa shape index (κ2) is 7.97. The SMILES string of the molecule is CCc1cc(OC)c(-c2csc(NC(=O)c3cc4ccccc4[nH]3)n2)c(OC)c1. The van der Waals surface area contributed by atoms with Crippen LogP contribution in [-0.2, 0) is 6.42 Å². The van der Waals surface area contributed by atoms with Crippen LogP contribution >= 0.6 is 11.3 Å². The number of benzene rings is 2. The Bertz CT molecular complexity index is 1120. The number of aryl methyl sites for hydroxylation is 1. The maximum Gasteiger partial charge on any atom is 0.273 e. The van der Waals surface area contributed by atoms with E-state index < -0.39 is 0 Å². The first kappa shape index (κ1) is 19.0. The summed E-state index contributed by atoms with van der Waals surface area (Å²) in [6, 6.07) is 13.6. The summed E-state index contributed by atoms with van der Waals surface area (Å²) in [6.07, 6.45) is 0.871. The van der Waals surface area contributed by atoms with E-state index in [2.05, 4.69) is 22.2 Å². The van der Waals surface area contributed by atoms with Crippen LogP contribution in [0.3, 0.4) is 0 Å². The van der Waals surface area contributed by atoms with Crippen molar-refractivity contribution in [1.29, 1.82) is 0 Å². The number of hydrogen-bond donors (Lipinski definition) is 2. The molecule has 4 aromatic rings. The molecule has 6 nitrogen and oxygen atoms in total. The molecule has 2 N–H and O–H groups in total. The van der Waals surface area contributed by atoms with Crippen LogP contribution in [0.1, 0.15) is 23.0 Å². The number of hydrogen-bond acceptors (Lipinski definition) is 5. The zero-order valence-electron chi connectivity index (χ0n) is 16.4. The van der Waals surface area contributed by atoms with Crippen molar-refractivity contribution in [2.45, 2.75) is 13.3 Å². The number of nitrogens with zero attached hydrogens (tertiary/aromatic N) is 1. The van der Waals surface area contributed by atoms with Gasteiger partial charge in [-0.15, -0.1) is 11.3 Å². The summed E-state index contributed by atoms with van der Waals surface area (Å²) >= 11 is 1.35. The van der Waals surface area contributed by atoms with Crippen molar-refractivity contribution in [3.8, 4) is 22.8 Å². The van der Waals surface area contributed by atoms with Gasteiger partial charge >= 0.3 is 0 Å². The predicted molar refractivity (Wildman–Crippen MR) is 116 cm³/mol. The van der Waals surface area contributed by atoms with Crippen molar-refractivity contribution in [2.24, 2.45) is 0 Å². The maximum atomic E-state index is 12.6. The molecule has 0 spiro atoms. The zero-order chi connectivity index (χ0) is 20.4. The first-order chi connectivity index (χ1) is 14.1. The Balaban J connectivity index is 1.62. The molecule has 2 heterocycles. The summed E-state index contributed by atoms with van der Waals surface area (Å²) in [7, 11) is 3.26. The topological polar surface area (TPSA) is 76.2 Å². The number of carbonyl (C=O) groups excluding carboxylic acids is 1. The Hall–Kier alpha value is -3.32. The maximum absolute atomic E-state index is 12.6. The molecule has 0 aliphatic carbocycles. The molecule has 0 unspecified atom stereocenters. The fourth-order valence-electron chi connectivity index (χ4n) is 3.23. The minimum Gasteiger partial charge on any atom is -0.496 e. The van der Waals surface area contributed by atoms with Crippen molar-refractivity contribution >= 4 is 33.3 Å². The highest BCUT2D eigenvalue weighted by Crippen LogP contribution is 2.40. The number of nitrogens with one attached hydrogen (secondary N) is 2. The first-order valence-corrected chi connectivity index (χ1v) is 10.1. The zero-order valence-corrected chi connectivity index (χ0v) is 17.2. The third-order valence-electron chi connectivity index (χ3n) is 4.73. The molecule has 0 saturated heterocycles. The molecule has 0 aliphatic rings. The van der Waals surface area contributed by atoms with Crippen LogP contribution in [0.25, 0.3) is 22.2 Å². The highest BCUT2D eigenvalue weighted by Gasteiger charge is 2.18. The molecule has 7 heteroatoms. The van der Waals surface area contributed by atoms with Crippen LogP contribution in [-0.4, -0.2) is 30.1 Å². The molecule has 2 aromatic carbocycles. The lowest BCUT2D eigenvalue weighted by molar-refractivity contribution is 0.102. The number of amides is 1. The number of ether oxygens (including phenoxy) is 2. The summed E-state index contributed by atoms with van der Waals surface area (Å²) in [6.45, 7) is 2.08. The van der Waals surface area contributed by atoms with Gasteiger partial charge in [-0.05, 0) is 36.2 Å². The summed E-state index contributed by atoms with van der Waals surface area (Å²) in [5.74, 6) is 1.15. The Morgan fingerprint density at radius 1 is 1.14 bits per heavy atom. The average Bonchev–Trinajstić information content (AvgIpc) is 3.39. The van der Waals surface area contributed by atoms with E-state index in [-0.39, 0.29) is 5.91 Å². The summed E-state index contributed by atoms with van der Waals surface area (Å²) < 4.78 is 11.1. The quantitative estimate of drug-likeness (QED) is 0.465. The molecule has 148 valence electrons. The van der Waals surface area contributed by atoms with Gasteiger partial charge in [0.1, 0.15) is 17.2 Å². The number of anilines is 1. The van der Waals surface area contributed by atoms with E-state index in [0.29, 0.717) is 28.0 Å². The van der Waals surface area contributed by atoms with Gasteiger partial charge in [-0.2, -0.15) is 0 Å². The number of H-pyrrole nitrogens is 1. The number of para-hydroxylation sites is 1. The van der Waals surface area contributed by atoms with Gasteiger partial charge in [0.2, 0.25) is 0 Å². The van der Waals surface area contributed by atoms with Crippen LogP contribution < -0.4 is 14.8 Å².